The van der Waals surface area contributed by atoms with Crippen molar-refractivity contribution in [3.05, 3.63) is 54.1 Å². The standard InChI is InChI=1S/C21H23N3O5S/c1-14-5-7-15(8-6-14)29-16-9-11-17(12-10-16)30(27,28)24-13-3-4-18(24)21(2)19(25)22-20(26)23-21/h5-12,18H,3-4,13H2,1-2H3,(H2,22,23,25,26). The van der Waals surface area contributed by atoms with Crippen LogP contribution in [-0.4, -0.2) is 42.8 Å². The van der Waals surface area contributed by atoms with E-state index in [2.05, 4.69) is 10.6 Å². The van der Waals surface area contributed by atoms with Gasteiger partial charge in [-0.2, -0.15) is 4.31 Å². The van der Waals surface area contributed by atoms with Crippen LogP contribution in [0.2, 0.25) is 0 Å². The smallest absolute Gasteiger partial charge is 0.322 e. The summed E-state index contributed by atoms with van der Waals surface area (Å²) in [5, 5.41) is 4.79. The van der Waals surface area contributed by atoms with Gasteiger partial charge in [-0.1, -0.05) is 17.7 Å². The molecule has 0 aliphatic carbocycles. The number of benzene rings is 2. The van der Waals surface area contributed by atoms with Gasteiger partial charge in [-0.3, -0.25) is 10.1 Å². The second-order valence-corrected chi connectivity index (χ2v) is 9.66. The van der Waals surface area contributed by atoms with E-state index in [1.807, 2.05) is 31.2 Å². The molecule has 30 heavy (non-hydrogen) atoms. The molecule has 2 N–H and O–H groups in total. The van der Waals surface area contributed by atoms with Gasteiger partial charge in [0.2, 0.25) is 10.0 Å². The number of carbonyl (C=O) groups is 2. The molecule has 2 aromatic rings. The van der Waals surface area contributed by atoms with Crippen molar-refractivity contribution in [2.24, 2.45) is 0 Å². The predicted molar refractivity (Wildman–Crippen MR) is 110 cm³/mol. The fourth-order valence-electron chi connectivity index (χ4n) is 3.95. The van der Waals surface area contributed by atoms with E-state index < -0.39 is 33.5 Å². The molecule has 2 saturated heterocycles. The first-order valence-corrected chi connectivity index (χ1v) is 11.1. The number of hydrogen-bond acceptors (Lipinski definition) is 5. The summed E-state index contributed by atoms with van der Waals surface area (Å²) in [5.41, 5.74) is -0.181. The number of amides is 3. The van der Waals surface area contributed by atoms with Crippen molar-refractivity contribution in [3.63, 3.8) is 0 Å². The molecule has 4 rings (SSSR count). The van der Waals surface area contributed by atoms with Crippen molar-refractivity contribution in [2.75, 3.05) is 6.54 Å². The highest BCUT2D eigenvalue weighted by Gasteiger charge is 2.54. The number of carbonyl (C=O) groups excluding carboxylic acids is 2. The Kier molecular flexibility index (Phi) is 5.03. The number of rotatable bonds is 5. The lowest BCUT2D eigenvalue weighted by Gasteiger charge is -2.34. The zero-order valence-electron chi connectivity index (χ0n) is 16.7. The third-order valence-corrected chi connectivity index (χ3v) is 7.55. The van der Waals surface area contributed by atoms with E-state index >= 15 is 0 Å². The first-order chi connectivity index (χ1) is 14.2. The fraction of sp³-hybridized carbons (Fsp3) is 0.333. The van der Waals surface area contributed by atoms with E-state index in [0.29, 0.717) is 24.3 Å². The molecule has 9 heteroatoms. The number of nitrogens with zero attached hydrogens (tertiary/aromatic N) is 1. The molecule has 2 heterocycles. The van der Waals surface area contributed by atoms with Crippen molar-refractivity contribution < 1.29 is 22.7 Å². The largest absolute Gasteiger partial charge is 0.457 e. The maximum Gasteiger partial charge on any atom is 0.322 e. The highest BCUT2D eigenvalue weighted by Crippen LogP contribution is 2.34. The van der Waals surface area contributed by atoms with E-state index in [1.165, 1.54) is 16.4 Å². The van der Waals surface area contributed by atoms with E-state index in [4.69, 9.17) is 4.74 Å². The van der Waals surface area contributed by atoms with E-state index in [1.54, 1.807) is 19.1 Å². The molecule has 2 aromatic carbocycles. The van der Waals surface area contributed by atoms with Crippen molar-refractivity contribution >= 4 is 22.0 Å². The molecule has 2 aliphatic rings. The first kappa shape index (κ1) is 20.4. The molecule has 3 amide bonds. The molecular weight excluding hydrogens is 406 g/mol. The SMILES string of the molecule is Cc1ccc(Oc2ccc(S(=O)(=O)N3CCCC3C3(C)NC(=O)NC3=O)cc2)cc1. The Morgan fingerprint density at radius 3 is 2.20 bits per heavy atom. The van der Waals surface area contributed by atoms with Gasteiger partial charge in [0.25, 0.3) is 5.91 Å². The summed E-state index contributed by atoms with van der Waals surface area (Å²) < 4.78 is 33.6. The molecule has 8 nitrogen and oxygen atoms in total. The van der Waals surface area contributed by atoms with Crippen LogP contribution in [0.3, 0.4) is 0 Å². The van der Waals surface area contributed by atoms with Crippen LogP contribution >= 0.6 is 0 Å². The molecule has 0 aromatic heterocycles. The minimum atomic E-state index is -3.85. The number of aryl methyl sites for hydroxylation is 1. The first-order valence-electron chi connectivity index (χ1n) is 9.70. The normalized spacial score (nSPS) is 24.5. The summed E-state index contributed by atoms with van der Waals surface area (Å²) in [4.78, 5) is 24.1. The molecule has 2 aliphatic heterocycles. The summed E-state index contributed by atoms with van der Waals surface area (Å²) in [6, 6.07) is 12.5. The maximum atomic E-state index is 13.3. The van der Waals surface area contributed by atoms with Gasteiger partial charge in [-0.05, 0) is 63.1 Å². The Labute approximate surface area is 175 Å². The number of sulfonamides is 1. The third-order valence-electron chi connectivity index (χ3n) is 5.63. The highest BCUT2D eigenvalue weighted by molar-refractivity contribution is 7.89. The molecule has 0 radical (unpaired) electrons. The van der Waals surface area contributed by atoms with Crippen molar-refractivity contribution in [1.29, 1.82) is 0 Å². The molecule has 158 valence electrons. The molecule has 2 atom stereocenters. The Balaban J connectivity index is 1.56. The molecule has 0 spiro atoms. The minimum Gasteiger partial charge on any atom is -0.457 e. The lowest BCUT2D eigenvalue weighted by Crippen LogP contribution is -2.59. The summed E-state index contributed by atoms with van der Waals surface area (Å²) in [7, 11) is -3.85. The van der Waals surface area contributed by atoms with Crippen LogP contribution < -0.4 is 15.4 Å². The van der Waals surface area contributed by atoms with Crippen LogP contribution in [0.5, 0.6) is 11.5 Å². The monoisotopic (exact) mass is 429 g/mol. The van der Waals surface area contributed by atoms with Crippen LogP contribution in [0.1, 0.15) is 25.3 Å². The third kappa shape index (κ3) is 3.54. The lowest BCUT2D eigenvalue weighted by atomic mass is 9.91. The Morgan fingerprint density at radius 2 is 1.63 bits per heavy atom. The molecule has 0 bridgehead atoms. The van der Waals surface area contributed by atoms with Crippen molar-refractivity contribution in [1.82, 2.24) is 14.9 Å². The minimum absolute atomic E-state index is 0.110. The zero-order chi connectivity index (χ0) is 21.5. The van der Waals surface area contributed by atoms with Gasteiger partial charge < -0.3 is 10.1 Å². The Bertz CT molecular complexity index is 1080. The van der Waals surface area contributed by atoms with E-state index in [0.717, 1.165) is 5.56 Å². The quantitative estimate of drug-likeness (QED) is 0.711. The lowest BCUT2D eigenvalue weighted by molar-refractivity contribution is -0.124. The number of hydrogen-bond donors (Lipinski definition) is 2. The van der Waals surface area contributed by atoms with Crippen LogP contribution in [0.4, 0.5) is 4.79 Å². The summed E-state index contributed by atoms with van der Waals surface area (Å²) in [6.07, 6.45) is 1.09. The predicted octanol–water partition coefficient (Wildman–Crippen LogP) is 2.54. The molecular formula is C21H23N3O5S. The van der Waals surface area contributed by atoms with Gasteiger partial charge in [-0.15, -0.1) is 0 Å². The summed E-state index contributed by atoms with van der Waals surface area (Å²) >= 11 is 0. The average Bonchev–Trinajstić information content (AvgIpc) is 3.30. The number of nitrogens with one attached hydrogen (secondary N) is 2. The van der Waals surface area contributed by atoms with E-state index in [-0.39, 0.29) is 11.4 Å². The Hall–Kier alpha value is -2.91. The number of imide groups is 1. The van der Waals surface area contributed by atoms with E-state index in [9.17, 15) is 18.0 Å². The average molecular weight is 429 g/mol. The zero-order valence-corrected chi connectivity index (χ0v) is 17.5. The number of ether oxygens (including phenoxy) is 1. The van der Waals surface area contributed by atoms with Crippen LogP contribution in [0, 0.1) is 6.92 Å². The van der Waals surface area contributed by atoms with Gasteiger partial charge in [0, 0.05) is 6.54 Å². The maximum absolute atomic E-state index is 13.3. The summed E-state index contributed by atoms with van der Waals surface area (Å²) in [5.74, 6) is 0.665. The molecule has 2 fully saturated rings. The van der Waals surface area contributed by atoms with Crippen molar-refractivity contribution in [3.8, 4) is 11.5 Å². The van der Waals surface area contributed by atoms with Gasteiger partial charge in [0.15, 0.2) is 0 Å². The number of urea groups is 1. The van der Waals surface area contributed by atoms with Crippen molar-refractivity contribution in [2.45, 2.75) is 43.2 Å². The molecule has 2 unspecified atom stereocenters. The van der Waals surface area contributed by atoms with Gasteiger partial charge in [-0.25, -0.2) is 13.2 Å². The van der Waals surface area contributed by atoms with Gasteiger partial charge in [0.1, 0.15) is 17.0 Å². The topological polar surface area (TPSA) is 105 Å². The molecule has 0 saturated carbocycles. The fourth-order valence-corrected chi connectivity index (χ4v) is 5.73. The van der Waals surface area contributed by atoms with Crippen LogP contribution in [0.25, 0.3) is 0 Å². The second kappa shape index (κ2) is 7.41. The van der Waals surface area contributed by atoms with Gasteiger partial charge in [0.05, 0.1) is 10.9 Å². The van der Waals surface area contributed by atoms with Gasteiger partial charge >= 0.3 is 6.03 Å². The van der Waals surface area contributed by atoms with Crippen LogP contribution in [0.15, 0.2) is 53.4 Å². The Morgan fingerprint density at radius 1 is 1.03 bits per heavy atom. The highest BCUT2D eigenvalue weighted by atomic mass is 32.2. The second-order valence-electron chi connectivity index (χ2n) is 7.77. The van der Waals surface area contributed by atoms with Crippen LogP contribution in [-0.2, 0) is 14.8 Å². The summed E-state index contributed by atoms with van der Waals surface area (Å²) in [6.45, 7) is 3.83.